The Labute approximate surface area is 82.1 Å². The number of carbonyl (C=O) groups is 2. The zero-order chi connectivity index (χ0) is 10.2. The lowest BCUT2D eigenvalue weighted by atomic mass is 9.99. The van der Waals surface area contributed by atoms with E-state index < -0.39 is 22.6 Å². The van der Waals surface area contributed by atoms with Gasteiger partial charge in [-0.2, -0.15) is 0 Å². The molecule has 1 atom stereocenters. The lowest BCUT2D eigenvalue weighted by Gasteiger charge is -2.27. The summed E-state index contributed by atoms with van der Waals surface area (Å²) in [4.78, 5) is 22.9. The van der Waals surface area contributed by atoms with Crippen LogP contribution in [-0.4, -0.2) is 46.3 Å². The molecular formula is C7H10BNO3S. The predicted octanol–water partition coefficient (Wildman–Crippen LogP) is 0.513. The van der Waals surface area contributed by atoms with Gasteiger partial charge in [0.1, 0.15) is 6.04 Å². The average molecular weight is 199 g/mol. The highest BCUT2D eigenvalue weighted by atomic mass is 32.2. The molecule has 1 heterocycles. The van der Waals surface area contributed by atoms with E-state index in [2.05, 4.69) is 0 Å². The number of hydrogen-bond donors (Lipinski definition) is 1. The van der Waals surface area contributed by atoms with Crippen LogP contribution in [0.2, 0.25) is 0 Å². The summed E-state index contributed by atoms with van der Waals surface area (Å²) in [6, 6.07) is -0.824. The Kier molecular flexibility index (Phi) is 2.61. The molecule has 4 nitrogen and oxygen atoms in total. The number of hydrogen-bond acceptors (Lipinski definition) is 3. The summed E-state index contributed by atoms with van der Waals surface area (Å²) in [5, 5.41) is 8.91. The van der Waals surface area contributed by atoms with E-state index >= 15 is 0 Å². The van der Waals surface area contributed by atoms with Gasteiger partial charge in [0.15, 0.2) is 5.81 Å². The molecule has 0 saturated carbocycles. The minimum absolute atomic E-state index is 0.347. The molecule has 1 N–H and O–H groups in total. The van der Waals surface area contributed by atoms with Crippen molar-refractivity contribution in [2.75, 3.05) is 5.88 Å². The molecule has 1 aliphatic heterocycles. The van der Waals surface area contributed by atoms with E-state index in [0.29, 0.717) is 5.88 Å². The number of amides is 1. The number of aliphatic carboxylic acids is 1. The molecule has 1 saturated heterocycles. The van der Waals surface area contributed by atoms with Gasteiger partial charge in [-0.15, -0.1) is 11.8 Å². The number of rotatable bonds is 1. The van der Waals surface area contributed by atoms with E-state index in [4.69, 9.17) is 13.0 Å². The fourth-order valence-electron chi connectivity index (χ4n) is 1.39. The van der Waals surface area contributed by atoms with E-state index in [1.807, 2.05) is 0 Å². The monoisotopic (exact) mass is 199 g/mol. The molecular weight excluding hydrogens is 189 g/mol. The molecule has 1 amide bonds. The van der Waals surface area contributed by atoms with Crippen LogP contribution >= 0.6 is 11.8 Å². The third-order valence-corrected chi connectivity index (χ3v) is 3.44. The van der Waals surface area contributed by atoms with Crippen LogP contribution in [0, 0.1) is 0 Å². The van der Waals surface area contributed by atoms with Crippen molar-refractivity contribution in [1.82, 2.24) is 4.90 Å². The van der Waals surface area contributed by atoms with Crippen molar-refractivity contribution in [3.05, 3.63) is 0 Å². The van der Waals surface area contributed by atoms with Gasteiger partial charge in [-0.25, -0.2) is 4.79 Å². The molecule has 0 unspecified atom stereocenters. The number of thioether (sulfide) groups is 1. The number of nitrogens with zero attached hydrogens (tertiary/aromatic N) is 1. The first-order chi connectivity index (χ1) is 5.86. The zero-order valence-corrected chi connectivity index (χ0v) is 8.30. The van der Waals surface area contributed by atoms with Crippen LogP contribution in [0.15, 0.2) is 0 Å². The van der Waals surface area contributed by atoms with Crippen LogP contribution in [0.1, 0.15) is 13.8 Å². The molecule has 1 fully saturated rings. The predicted molar refractivity (Wildman–Crippen MR) is 50.9 cm³/mol. The number of carbonyl (C=O) groups excluding carboxylic acids is 1. The van der Waals surface area contributed by atoms with Crippen LogP contribution < -0.4 is 0 Å². The smallest absolute Gasteiger partial charge is 0.327 e. The molecule has 0 aliphatic carbocycles. The highest BCUT2D eigenvalue weighted by molar-refractivity contribution is 8.00. The Morgan fingerprint density at radius 1 is 1.62 bits per heavy atom. The van der Waals surface area contributed by atoms with Gasteiger partial charge in [-0.3, -0.25) is 4.79 Å². The number of carboxylic acids is 1. The topological polar surface area (TPSA) is 57.6 Å². The molecule has 2 radical (unpaired) electrons. The summed E-state index contributed by atoms with van der Waals surface area (Å²) in [5.74, 6) is -1.33. The first-order valence-corrected chi connectivity index (χ1v) is 4.77. The van der Waals surface area contributed by atoms with Crippen LogP contribution in [0.5, 0.6) is 0 Å². The Morgan fingerprint density at radius 2 is 2.15 bits per heavy atom. The van der Waals surface area contributed by atoms with E-state index in [9.17, 15) is 9.59 Å². The molecule has 70 valence electrons. The summed E-state index contributed by atoms with van der Waals surface area (Å²) in [6.45, 7) is 3.58. The summed E-state index contributed by atoms with van der Waals surface area (Å²) in [7, 11) is 5.06. The normalized spacial score (nSPS) is 26.0. The van der Waals surface area contributed by atoms with Gasteiger partial charge in [0, 0.05) is 4.75 Å². The van der Waals surface area contributed by atoms with E-state index in [1.165, 1.54) is 16.7 Å². The molecule has 0 aromatic carbocycles. The van der Waals surface area contributed by atoms with Crippen molar-refractivity contribution in [2.45, 2.75) is 24.6 Å². The largest absolute Gasteiger partial charge is 0.480 e. The minimum atomic E-state index is -1.01. The average Bonchev–Trinajstić information content (AvgIpc) is 2.24. The van der Waals surface area contributed by atoms with Crippen molar-refractivity contribution in [1.29, 1.82) is 0 Å². The van der Waals surface area contributed by atoms with E-state index in [0.717, 1.165) is 0 Å². The second-order valence-corrected chi connectivity index (χ2v) is 5.02. The standard InChI is InChI=1S/C7H10BNO3S/c1-7(2)4(5(10)11)9(3-13-7)6(8)12/h4H,3H2,1-2H3,(H,10,11)/t4-/m1/s1. The first kappa shape index (κ1) is 10.4. The molecule has 6 heteroatoms. The molecule has 0 bridgehead atoms. The molecule has 0 spiro atoms. The number of carboxylic acid groups (broad SMARTS) is 1. The Bertz CT molecular complexity index is 256. The second-order valence-electron chi connectivity index (χ2n) is 3.43. The van der Waals surface area contributed by atoms with Gasteiger partial charge in [-0.1, -0.05) is 0 Å². The summed E-state index contributed by atoms with van der Waals surface area (Å²) >= 11 is 1.42. The van der Waals surface area contributed by atoms with Gasteiger partial charge >= 0.3 is 5.97 Å². The van der Waals surface area contributed by atoms with Crippen LogP contribution in [0.4, 0.5) is 4.79 Å². The summed E-state index contributed by atoms with van der Waals surface area (Å²) in [5.41, 5.74) is 0. The quantitative estimate of drug-likeness (QED) is 0.625. The van der Waals surface area contributed by atoms with Crippen molar-refractivity contribution in [2.24, 2.45) is 0 Å². The van der Waals surface area contributed by atoms with Gasteiger partial charge in [0.25, 0.3) is 0 Å². The van der Waals surface area contributed by atoms with E-state index in [1.54, 1.807) is 13.8 Å². The Morgan fingerprint density at radius 3 is 2.46 bits per heavy atom. The third kappa shape index (κ3) is 1.82. The van der Waals surface area contributed by atoms with Crippen LogP contribution in [0.3, 0.4) is 0 Å². The lowest BCUT2D eigenvalue weighted by molar-refractivity contribution is -0.142. The third-order valence-electron chi connectivity index (χ3n) is 2.06. The lowest BCUT2D eigenvalue weighted by Crippen LogP contribution is -2.48. The first-order valence-electron chi connectivity index (χ1n) is 3.79. The van der Waals surface area contributed by atoms with Gasteiger partial charge in [0.2, 0.25) is 7.85 Å². The highest BCUT2D eigenvalue weighted by Crippen LogP contribution is 2.39. The van der Waals surface area contributed by atoms with Crippen molar-refractivity contribution in [3.63, 3.8) is 0 Å². The van der Waals surface area contributed by atoms with Crippen molar-refractivity contribution >= 4 is 31.4 Å². The van der Waals surface area contributed by atoms with Gasteiger partial charge in [0.05, 0.1) is 5.88 Å². The Hall–Kier alpha value is -0.645. The summed E-state index contributed by atoms with van der Waals surface area (Å²) < 4.78 is -0.471. The summed E-state index contributed by atoms with van der Waals surface area (Å²) in [6.07, 6.45) is 0. The maximum Gasteiger partial charge on any atom is 0.327 e. The second kappa shape index (κ2) is 3.25. The SMILES string of the molecule is [B]C(=O)N1CSC(C)(C)[C@H]1C(=O)O. The zero-order valence-electron chi connectivity index (χ0n) is 7.48. The fourth-order valence-corrected chi connectivity index (χ4v) is 2.52. The maximum absolute atomic E-state index is 10.9. The molecule has 1 aliphatic rings. The molecule has 1 rings (SSSR count). The van der Waals surface area contributed by atoms with Crippen LogP contribution in [-0.2, 0) is 4.79 Å². The Balaban J connectivity index is 2.92. The van der Waals surface area contributed by atoms with Crippen molar-refractivity contribution < 1.29 is 14.7 Å². The van der Waals surface area contributed by atoms with Crippen molar-refractivity contribution in [3.8, 4) is 0 Å². The van der Waals surface area contributed by atoms with E-state index in [-0.39, 0.29) is 0 Å². The van der Waals surface area contributed by atoms with Gasteiger partial charge in [-0.05, 0) is 13.8 Å². The highest BCUT2D eigenvalue weighted by Gasteiger charge is 2.46. The van der Waals surface area contributed by atoms with Crippen LogP contribution in [0.25, 0.3) is 0 Å². The fraction of sp³-hybridized carbons (Fsp3) is 0.714. The molecule has 0 aromatic rings. The van der Waals surface area contributed by atoms with Gasteiger partial charge < -0.3 is 10.0 Å². The molecule has 13 heavy (non-hydrogen) atoms. The minimum Gasteiger partial charge on any atom is -0.480 e. The maximum atomic E-state index is 10.9. The molecule has 0 aromatic heterocycles.